The monoisotopic (exact) mass is 416 g/mol. The van der Waals surface area contributed by atoms with Crippen molar-refractivity contribution in [1.82, 2.24) is 0 Å². The first kappa shape index (κ1) is 20.9. The lowest BCUT2D eigenvalue weighted by Gasteiger charge is -2.21. The summed E-state index contributed by atoms with van der Waals surface area (Å²) in [5, 5.41) is 4.49. The Labute approximate surface area is 170 Å². The minimum Gasteiger partial charge on any atom is -0.482 e. The van der Waals surface area contributed by atoms with Crippen LogP contribution in [0, 0.1) is 20.8 Å². The molecule has 8 heteroatoms. The normalized spacial score (nSPS) is 14.4. The van der Waals surface area contributed by atoms with Gasteiger partial charge in [-0.05, 0) is 62.6 Å². The van der Waals surface area contributed by atoms with Gasteiger partial charge >= 0.3 is 0 Å². The van der Waals surface area contributed by atoms with Crippen molar-refractivity contribution in [3.05, 3.63) is 47.0 Å². The first-order chi connectivity index (χ1) is 13.6. The third kappa shape index (κ3) is 4.42. The summed E-state index contributed by atoms with van der Waals surface area (Å²) in [5.74, 6) is -0.354. The molecule has 0 saturated heterocycles. The molecule has 0 radical (unpaired) electrons. The summed E-state index contributed by atoms with van der Waals surface area (Å²) >= 11 is 0. The lowest BCUT2D eigenvalue weighted by atomic mass is 10.1. The van der Waals surface area contributed by atoms with Gasteiger partial charge < -0.3 is 15.4 Å². The average Bonchev–Trinajstić information content (AvgIpc) is 2.63. The zero-order chi connectivity index (χ0) is 21.3. The van der Waals surface area contributed by atoms with E-state index in [-0.39, 0.29) is 29.7 Å². The highest BCUT2D eigenvalue weighted by Gasteiger charge is 2.29. The Kier molecular flexibility index (Phi) is 5.66. The molecule has 2 N–H and O–H groups in total. The molecule has 1 aliphatic heterocycles. The van der Waals surface area contributed by atoms with Crippen molar-refractivity contribution in [3.63, 3.8) is 0 Å². The molecule has 2 aromatic carbocycles. The van der Waals surface area contributed by atoms with Gasteiger partial charge in [-0.1, -0.05) is 6.07 Å². The third-order valence-electron chi connectivity index (χ3n) is 5.01. The van der Waals surface area contributed by atoms with E-state index in [0.717, 1.165) is 11.1 Å². The predicted molar refractivity (Wildman–Crippen MR) is 111 cm³/mol. The number of anilines is 2. The van der Waals surface area contributed by atoms with Gasteiger partial charge in [-0.3, -0.25) is 9.59 Å². The number of hydrogen-bond donors (Lipinski definition) is 2. The van der Waals surface area contributed by atoms with E-state index in [4.69, 9.17) is 4.74 Å². The number of amides is 2. The molecule has 2 amide bonds. The van der Waals surface area contributed by atoms with Crippen molar-refractivity contribution in [3.8, 4) is 5.75 Å². The fraction of sp³-hybridized carbons (Fsp3) is 0.333. The van der Waals surface area contributed by atoms with Crippen LogP contribution in [0.5, 0.6) is 5.75 Å². The van der Waals surface area contributed by atoms with Crippen molar-refractivity contribution in [1.29, 1.82) is 0 Å². The topological polar surface area (TPSA) is 102 Å². The number of benzene rings is 2. The number of fused-ring (bicyclic) bond motifs is 1. The molecular formula is C21H24N2O5S. The van der Waals surface area contributed by atoms with Crippen LogP contribution in [0.2, 0.25) is 0 Å². The first-order valence-corrected chi connectivity index (χ1v) is 10.8. The standard InChI is InChI=1S/C21H24N2O5S/c1-12-5-6-16(7-13(12)2)22-20(24)9-15(4)29(26,27)19-10-18-17(8-14(19)3)23-21(25)11-28-18/h5-8,10,15H,9,11H2,1-4H3,(H,22,24)(H,23,25). The summed E-state index contributed by atoms with van der Waals surface area (Å²) in [6, 6.07) is 8.53. The number of ether oxygens (including phenoxy) is 1. The van der Waals surface area contributed by atoms with Crippen LogP contribution in [0.4, 0.5) is 11.4 Å². The van der Waals surface area contributed by atoms with Crippen LogP contribution < -0.4 is 15.4 Å². The molecule has 0 fully saturated rings. The van der Waals surface area contributed by atoms with Gasteiger partial charge in [0.05, 0.1) is 15.8 Å². The number of nitrogens with one attached hydrogen (secondary N) is 2. The molecule has 154 valence electrons. The van der Waals surface area contributed by atoms with Crippen LogP contribution >= 0.6 is 0 Å². The minimum atomic E-state index is -3.77. The summed E-state index contributed by atoms with van der Waals surface area (Å²) in [6.07, 6.45) is -0.177. The zero-order valence-corrected chi connectivity index (χ0v) is 17.6. The number of hydrogen-bond acceptors (Lipinski definition) is 5. The van der Waals surface area contributed by atoms with Gasteiger partial charge in [-0.15, -0.1) is 0 Å². The van der Waals surface area contributed by atoms with Gasteiger partial charge in [0.1, 0.15) is 5.75 Å². The quantitative estimate of drug-likeness (QED) is 0.780. The van der Waals surface area contributed by atoms with Crippen molar-refractivity contribution in [2.45, 2.75) is 44.3 Å². The fourth-order valence-electron chi connectivity index (χ4n) is 3.14. The molecule has 29 heavy (non-hydrogen) atoms. The molecule has 2 aromatic rings. The zero-order valence-electron chi connectivity index (χ0n) is 16.8. The number of rotatable bonds is 5. The van der Waals surface area contributed by atoms with E-state index in [1.165, 1.54) is 13.0 Å². The van der Waals surface area contributed by atoms with Gasteiger partial charge in [0, 0.05) is 18.2 Å². The Morgan fingerprint density at radius 2 is 1.86 bits per heavy atom. The Morgan fingerprint density at radius 3 is 2.55 bits per heavy atom. The number of aryl methyl sites for hydroxylation is 3. The number of sulfone groups is 1. The molecule has 0 aromatic heterocycles. The van der Waals surface area contributed by atoms with E-state index in [9.17, 15) is 18.0 Å². The SMILES string of the molecule is Cc1ccc(NC(=O)CC(C)S(=O)(=O)c2cc3c(cc2C)NC(=O)CO3)cc1C. The second kappa shape index (κ2) is 7.87. The molecule has 0 aliphatic carbocycles. The molecular weight excluding hydrogens is 392 g/mol. The highest BCUT2D eigenvalue weighted by molar-refractivity contribution is 7.92. The second-order valence-corrected chi connectivity index (χ2v) is 9.69. The molecule has 1 heterocycles. The predicted octanol–water partition coefficient (Wildman–Crippen LogP) is 3.13. The van der Waals surface area contributed by atoms with Crippen molar-refractivity contribution >= 4 is 33.0 Å². The highest BCUT2D eigenvalue weighted by atomic mass is 32.2. The molecule has 1 unspecified atom stereocenters. The van der Waals surface area contributed by atoms with Gasteiger partial charge in [0.25, 0.3) is 5.91 Å². The average molecular weight is 416 g/mol. The van der Waals surface area contributed by atoms with E-state index in [2.05, 4.69) is 10.6 Å². The summed E-state index contributed by atoms with van der Waals surface area (Å²) in [4.78, 5) is 23.9. The van der Waals surface area contributed by atoms with E-state index in [1.54, 1.807) is 19.1 Å². The van der Waals surface area contributed by atoms with Crippen LogP contribution in [0.15, 0.2) is 35.2 Å². The maximum absolute atomic E-state index is 13.1. The van der Waals surface area contributed by atoms with Crippen molar-refractivity contribution < 1.29 is 22.7 Å². The van der Waals surface area contributed by atoms with E-state index < -0.39 is 15.1 Å². The fourth-order valence-corrected chi connectivity index (χ4v) is 4.72. The van der Waals surface area contributed by atoms with Crippen molar-refractivity contribution in [2.24, 2.45) is 0 Å². The minimum absolute atomic E-state index is 0.0962. The molecule has 3 rings (SSSR count). The summed E-state index contributed by atoms with van der Waals surface area (Å²) in [5.41, 5.74) is 3.71. The van der Waals surface area contributed by atoms with E-state index in [1.807, 2.05) is 26.0 Å². The van der Waals surface area contributed by atoms with Gasteiger partial charge in [-0.25, -0.2) is 8.42 Å². The molecule has 0 bridgehead atoms. The first-order valence-electron chi connectivity index (χ1n) is 9.26. The van der Waals surface area contributed by atoms with E-state index >= 15 is 0 Å². The maximum Gasteiger partial charge on any atom is 0.262 e. The molecule has 1 atom stereocenters. The van der Waals surface area contributed by atoms with Crippen LogP contribution in [-0.2, 0) is 19.4 Å². The molecule has 7 nitrogen and oxygen atoms in total. The Bertz CT molecular complexity index is 1090. The van der Waals surface area contributed by atoms with Gasteiger partial charge in [0.15, 0.2) is 16.4 Å². The van der Waals surface area contributed by atoms with Crippen LogP contribution in [-0.4, -0.2) is 32.1 Å². The smallest absolute Gasteiger partial charge is 0.262 e. The van der Waals surface area contributed by atoms with Crippen LogP contribution in [0.1, 0.15) is 30.0 Å². The third-order valence-corrected chi connectivity index (χ3v) is 7.29. The van der Waals surface area contributed by atoms with Gasteiger partial charge in [-0.2, -0.15) is 0 Å². The Morgan fingerprint density at radius 1 is 1.14 bits per heavy atom. The summed E-state index contributed by atoms with van der Waals surface area (Å²) in [7, 11) is -3.77. The molecule has 0 saturated carbocycles. The van der Waals surface area contributed by atoms with Crippen LogP contribution in [0.3, 0.4) is 0 Å². The van der Waals surface area contributed by atoms with Crippen LogP contribution in [0.25, 0.3) is 0 Å². The lowest BCUT2D eigenvalue weighted by Crippen LogP contribution is -2.27. The summed E-state index contributed by atoms with van der Waals surface area (Å²) < 4.78 is 31.5. The largest absolute Gasteiger partial charge is 0.482 e. The number of carbonyl (C=O) groups is 2. The Balaban J connectivity index is 1.77. The second-order valence-electron chi connectivity index (χ2n) is 7.36. The maximum atomic E-state index is 13.1. The van der Waals surface area contributed by atoms with Gasteiger partial charge in [0.2, 0.25) is 5.91 Å². The number of carbonyl (C=O) groups excluding carboxylic acids is 2. The Hall–Kier alpha value is -2.87. The lowest BCUT2D eigenvalue weighted by molar-refractivity contribution is -0.118. The summed E-state index contributed by atoms with van der Waals surface area (Å²) in [6.45, 7) is 6.92. The molecule has 1 aliphatic rings. The van der Waals surface area contributed by atoms with Crippen molar-refractivity contribution in [2.75, 3.05) is 17.2 Å². The van der Waals surface area contributed by atoms with E-state index in [0.29, 0.717) is 22.7 Å². The highest BCUT2D eigenvalue weighted by Crippen LogP contribution is 2.34. The molecule has 0 spiro atoms.